The number of anilines is 1. The van der Waals surface area contributed by atoms with E-state index in [0.29, 0.717) is 22.7 Å². The predicted octanol–water partition coefficient (Wildman–Crippen LogP) is 5.58. The van der Waals surface area contributed by atoms with E-state index in [1.165, 1.54) is 12.1 Å². The molecule has 1 atom stereocenters. The van der Waals surface area contributed by atoms with Crippen molar-refractivity contribution in [3.8, 4) is 0 Å². The number of aryl methyl sites for hydroxylation is 2. The fraction of sp³-hybridized carbons (Fsp3) is 0.381. The van der Waals surface area contributed by atoms with Gasteiger partial charge in [-0.1, -0.05) is 12.1 Å². The summed E-state index contributed by atoms with van der Waals surface area (Å²) in [5.41, 5.74) is -2.02. The molecule has 0 spiro atoms. The highest BCUT2D eigenvalue weighted by Crippen LogP contribution is 2.41. The first-order valence-corrected chi connectivity index (χ1v) is 10.1. The zero-order chi connectivity index (χ0) is 22.4. The molecule has 0 bridgehead atoms. The summed E-state index contributed by atoms with van der Waals surface area (Å²) < 4.78 is 45.0. The van der Waals surface area contributed by atoms with Gasteiger partial charge in [0.05, 0.1) is 22.7 Å². The number of hydrogen-bond donors (Lipinski definition) is 2. The summed E-state index contributed by atoms with van der Waals surface area (Å²) in [6.45, 7) is 7.08. The number of aliphatic hydroxyl groups is 1. The Labute approximate surface area is 180 Å². The lowest BCUT2D eigenvalue weighted by molar-refractivity contribution is -0.170. The minimum Gasteiger partial charge on any atom is -0.384 e. The molecule has 0 aliphatic rings. The van der Waals surface area contributed by atoms with Crippen LogP contribution >= 0.6 is 15.9 Å². The molecule has 3 rings (SSSR count). The van der Waals surface area contributed by atoms with Crippen LogP contribution in [0.5, 0.6) is 0 Å². The standard InChI is InChI=1S/C21H22BrF3N4O/c1-10(13-7-6-8-15(17(13)23)21(24,25)20(4,5)30)26-18-14-9-16(22)11(2)27-19(14)29-12(3)28-18/h6-10,30H,1-5H3,(H,26,27,28,29). The summed E-state index contributed by atoms with van der Waals surface area (Å²) in [6.07, 6.45) is 0. The van der Waals surface area contributed by atoms with Crippen LogP contribution in [0.2, 0.25) is 0 Å². The Morgan fingerprint density at radius 1 is 1.13 bits per heavy atom. The summed E-state index contributed by atoms with van der Waals surface area (Å²) in [7, 11) is 0. The summed E-state index contributed by atoms with van der Waals surface area (Å²) in [5, 5.41) is 13.5. The van der Waals surface area contributed by atoms with Crippen molar-refractivity contribution in [2.24, 2.45) is 0 Å². The SMILES string of the molecule is Cc1nc(NC(C)c2cccc(C(F)(F)C(C)(C)O)c2F)c2cc(Br)c(C)nc2n1. The predicted molar refractivity (Wildman–Crippen MR) is 113 cm³/mol. The Morgan fingerprint density at radius 2 is 1.80 bits per heavy atom. The third kappa shape index (κ3) is 4.00. The molecular formula is C21H22BrF3N4O. The van der Waals surface area contributed by atoms with Crippen LogP contribution in [0.4, 0.5) is 19.0 Å². The quantitative estimate of drug-likeness (QED) is 0.496. The first-order chi connectivity index (χ1) is 13.8. The molecule has 9 heteroatoms. The number of fused-ring (bicyclic) bond motifs is 1. The van der Waals surface area contributed by atoms with E-state index in [0.717, 1.165) is 30.1 Å². The minimum atomic E-state index is -3.77. The number of halogens is 4. The second kappa shape index (κ2) is 7.77. The van der Waals surface area contributed by atoms with Crippen LogP contribution in [0.15, 0.2) is 28.7 Å². The molecule has 0 radical (unpaired) electrons. The van der Waals surface area contributed by atoms with E-state index in [9.17, 15) is 13.9 Å². The van der Waals surface area contributed by atoms with E-state index in [2.05, 4.69) is 36.2 Å². The Morgan fingerprint density at radius 3 is 2.43 bits per heavy atom. The van der Waals surface area contributed by atoms with Gasteiger partial charge in [-0.3, -0.25) is 0 Å². The van der Waals surface area contributed by atoms with Crippen LogP contribution in [0.3, 0.4) is 0 Å². The Bertz CT molecular complexity index is 1120. The van der Waals surface area contributed by atoms with Crippen molar-refractivity contribution >= 4 is 32.8 Å². The van der Waals surface area contributed by atoms with E-state index < -0.39 is 28.9 Å². The van der Waals surface area contributed by atoms with Crippen LogP contribution in [0.25, 0.3) is 11.0 Å². The third-order valence-electron chi connectivity index (χ3n) is 4.88. The van der Waals surface area contributed by atoms with Gasteiger partial charge in [-0.15, -0.1) is 0 Å². The summed E-state index contributed by atoms with van der Waals surface area (Å²) in [5.74, 6) is -3.96. The van der Waals surface area contributed by atoms with Gasteiger partial charge in [-0.05, 0) is 62.7 Å². The fourth-order valence-electron chi connectivity index (χ4n) is 3.08. The number of benzene rings is 1. The molecule has 2 N–H and O–H groups in total. The van der Waals surface area contributed by atoms with Gasteiger partial charge in [-0.2, -0.15) is 8.78 Å². The molecule has 3 aromatic rings. The molecule has 2 aromatic heterocycles. The van der Waals surface area contributed by atoms with Crippen molar-refractivity contribution in [2.75, 3.05) is 5.32 Å². The van der Waals surface area contributed by atoms with Crippen LogP contribution in [0, 0.1) is 19.7 Å². The number of nitrogens with one attached hydrogen (secondary N) is 1. The molecule has 2 heterocycles. The highest BCUT2D eigenvalue weighted by molar-refractivity contribution is 9.10. The van der Waals surface area contributed by atoms with Gasteiger partial charge in [0.15, 0.2) is 5.65 Å². The zero-order valence-corrected chi connectivity index (χ0v) is 18.8. The van der Waals surface area contributed by atoms with Crippen molar-refractivity contribution < 1.29 is 18.3 Å². The molecule has 0 fully saturated rings. The number of pyridine rings is 1. The van der Waals surface area contributed by atoms with E-state index in [4.69, 9.17) is 0 Å². The van der Waals surface area contributed by atoms with Gasteiger partial charge in [0.25, 0.3) is 0 Å². The van der Waals surface area contributed by atoms with Crippen molar-refractivity contribution in [1.29, 1.82) is 0 Å². The maximum Gasteiger partial charge on any atom is 0.303 e. The van der Waals surface area contributed by atoms with E-state index in [1.54, 1.807) is 19.9 Å². The lowest BCUT2D eigenvalue weighted by atomic mass is 9.91. The van der Waals surface area contributed by atoms with Crippen LogP contribution in [0.1, 0.15) is 49.5 Å². The molecule has 0 saturated carbocycles. The lowest BCUT2D eigenvalue weighted by Gasteiger charge is -2.30. The zero-order valence-electron chi connectivity index (χ0n) is 17.2. The molecule has 30 heavy (non-hydrogen) atoms. The van der Waals surface area contributed by atoms with Crippen molar-refractivity contribution in [2.45, 2.75) is 52.2 Å². The second-order valence-corrected chi connectivity index (χ2v) is 8.61. The Balaban J connectivity index is 2.05. The van der Waals surface area contributed by atoms with Crippen LogP contribution in [-0.2, 0) is 5.92 Å². The number of alkyl halides is 2. The van der Waals surface area contributed by atoms with Crippen molar-refractivity contribution in [3.63, 3.8) is 0 Å². The average molecular weight is 483 g/mol. The molecule has 160 valence electrons. The Kier molecular flexibility index (Phi) is 5.81. The van der Waals surface area contributed by atoms with E-state index in [-0.39, 0.29) is 5.56 Å². The molecule has 5 nitrogen and oxygen atoms in total. The molecule has 1 unspecified atom stereocenters. The van der Waals surface area contributed by atoms with Crippen molar-refractivity contribution in [3.05, 3.63) is 57.2 Å². The van der Waals surface area contributed by atoms with E-state index >= 15 is 4.39 Å². The van der Waals surface area contributed by atoms with Gasteiger partial charge in [0.2, 0.25) is 0 Å². The average Bonchev–Trinajstić information content (AvgIpc) is 2.62. The normalized spacial score (nSPS) is 13.5. The maximum atomic E-state index is 15.1. The topological polar surface area (TPSA) is 70.9 Å². The van der Waals surface area contributed by atoms with Crippen molar-refractivity contribution in [1.82, 2.24) is 15.0 Å². The van der Waals surface area contributed by atoms with Gasteiger partial charge >= 0.3 is 5.92 Å². The first kappa shape index (κ1) is 22.4. The van der Waals surface area contributed by atoms with E-state index in [1.807, 2.05) is 6.92 Å². The number of nitrogens with zero attached hydrogens (tertiary/aromatic N) is 3. The molecular weight excluding hydrogens is 461 g/mol. The largest absolute Gasteiger partial charge is 0.384 e. The highest BCUT2D eigenvalue weighted by atomic mass is 79.9. The van der Waals surface area contributed by atoms with Gasteiger partial charge < -0.3 is 10.4 Å². The maximum absolute atomic E-state index is 15.1. The summed E-state index contributed by atoms with van der Waals surface area (Å²) in [4.78, 5) is 13.1. The number of aromatic nitrogens is 3. The van der Waals surface area contributed by atoms with Gasteiger partial charge in [-0.25, -0.2) is 19.3 Å². The van der Waals surface area contributed by atoms with Crippen LogP contribution in [-0.4, -0.2) is 25.7 Å². The lowest BCUT2D eigenvalue weighted by Crippen LogP contribution is -2.41. The monoisotopic (exact) mass is 482 g/mol. The summed E-state index contributed by atoms with van der Waals surface area (Å²) in [6, 6.07) is 4.86. The summed E-state index contributed by atoms with van der Waals surface area (Å²) >= 11 is 3.43. The fourth-order valence-corrected chi connectivity index (χ4v) is 3.39. The molecule has 0 saturated heterocycles. The molecule has 0 aliphatic heterocycles. The third-order valence-corrected chi connectivity index (χ3v) is 5.69. The Hall–Kier alpha value is -2.26. The molecule has 0 amide bonds. The second-order valence-electron chi connectivity index (χ2n) is 7.75. The first-order valence-electron chi connectivity index (χ1n) is 9.30. The molecule has 1 aromatic carbocycles. The minimum absolute atomic E-state index is 0.0278. The smallest absolute Gasteiger partial charge is 0.303 e. The number of rotatable bonds is 5. The van der Waals surface area contributed by atoms with Crippen LogP contribution < -0.4 is 5.32 Å². The van der Waals surface area contributed by atoms with Gasteiger partial charge in [0, 0.05) is 10.0 Å². The number of hydrogen-bond acceptors (Lipinski definition) is 5. The van der Waals surface area contributed by atoms with Gasteiger partial charge in [0.1, 0.15) is 23.1 Å². The highest BCUT2D eigenvalue weighted by Gasteiger charge is 2.49. The molecule has 0 aliphatic carbocycles.